The predicted octanol–water partition coefficient (Wildman–Crippen LogP) is 3.22. The zero-order valence-corrected chi connectivity index (χ0v) is 8.63. The minimum Gasteiger partial charge on any atom is -0.495 e. The van der Waals surface area contributed by atoms with Gasteiger partial charge in [-0.1, -0.05) is 34.3 Å². The summed E-state index contributed by atoms with van der Waals surface area (Å²) in [6.45, 7) is 12.9. The fraction of sp³-hybridized carbons (Fsp3) is 0.818. The summed E-state index contributed by atoms with van der Waals surface area (Å²) in [7, 11) is 0. The Morgan fingerprint density at radius 3 is 2.33 bits per heavy atom. The van der Waals surface area contributed by atoms with E-state index < -0.39 is 0 Å². The van der Waals surface area contributed by atoms with Gasteiger partial charge in [-0.15, -0.1) is 0 Å². The van der Waals surface area contributed by atoms with Gasteiger partial charge in [-0.3, -0.25) is 0 Å². The Hall–Kier alpha value is -0.460. The number of rotatable bonds is 1. The molecule has 1 aliphatic heterocycles. The Morgan fingerprint density at radius 1 is 1.25 bits per heavy atom. The third kappa shape index (κ3) is 1.50. The highest BCUT2D eigenvalue weighted by atomic mass is 16.5. The largest absolute Gasteiger partial charge is 0.495 e. The normalized spacial score (nSPS) is 42.5. The van der Waals surface area contributed by atoms with Gasteiger partial charge < -0.3 is 4.74 Å². The van der Waals surface area contributed by atoms with Crippen molar-refractivity contribution < 1.29 is 4.74 Å². The van der Waals surface area contributed by atoms with Crippen LogP contribution in [0.5, 0.6) is 0 Å². The van der Waals surface area contributed by atoms with Crippen LogP contribution in [-0.4, -0.2) is 6.10 Å². The maximum Gasteiger partial charge on any atom is 0.101 e. The molecule has 0 unspecified atom stereocenters. The van der Waals surface area contributed by atoms with Crippen LogP contribution in [0.3, 0.4) is 0 Å². The molecule has 1 heterocycles. The number of hydrogen-bond donors (Lipinski definition) is 0. The standard InChI is InChI=1S/C11H20O/c1-6-11-9(4)7(2)8(3)10(5)12-11/h7-9,11H,5-6H2,1-4H3/t7-,8-,9+,11-/m1/s1. The maximum atomic E-state index is 5.74. The summed E-state index contributed by atoms with van der Waals surface area (Å²) in [5.74, 6) is 2.86. The summed E-state index contributed by atoms with van der Waals surface area (Å²) in [5, 5.41) is 0. The molecule has 0 amide bonds. The number of ether oxygens (including phenoxy) is 1. The molecule has 1 heteroatoms. The van der Waals surface area contributed by atoms with Crippen molar-refractivity contribution in [3.05, 3.63) is 12.3 Å². The molecule has 0 radical (unpaired) electrons. The molecule has 4 atom stereocenters. The topological polar surface area (TPSA) is 9.23 Å². The van der Waals surface area contributed by atoms with Crippen LogP contribution >= 0.6 is 0 Å². The van der Waals surface area contributed by atoms with Crippen molar-refractivity contribution in [1.82, 2.24) is 0 Å². The van der Waals surface area contributed by atoms with E-state index in [0.29, 0.717) is 23.9 Å². The summed E-state index contributed by atoms with van der Waals surface area (Å²) in [5.41, 5.74) is 0. The average Bonchev–Trinajstić information content (AvgIpc) is 2.08. The summed E-state index contributed by atoms with van der Waals surface area (Å²) in [4.78, 5) is 0. The average molecular weight is 168 g/mol. The minimum absolute atomic E-state index is 0.392. The first-order valence-electron chi connectivity index (χ1n) is 4.93. The van der Waals surface area contributed by atoms with Crippen molar-refractivity contribution in [2.24, 2.45) is 17.8 Å². The highest BCUT2D eigenvalue weighted by Crippen LogP contribution is 2.37. The van der Waals surface area contributed by atoms with Crippen LogP contribution in [-0.2, 0) is 4.74 Å². The van der Waals surface area contributed by atoms with E-state index in [-0.39, 0.29) is 0 Å². The second-order valence-corrected chi connectivity index (χ2v) is 4.04. The summed E-state index contributed by atoms with van der Waals surface area (Å²) >= 11 is 0. The molecule has 0 saturated carbocycles. The third-order valence-electron chi connectivity index (χ3n) is 3.42. The molecule has 0 aromatic heterocycles. The lowest BCUT2D eigenvalue weighted by Gasteiger charge is -2.39. The van der Waals surface area contributed by atoms with Crippen LogP contribution in [0, 0.1) is 17.8 Å². The van der Waals surface area contributed by atoms with Gasteiger partial charge >= 0.3 is 0 Å². The van der Waals surface area contributed by atoms with Gasteiger partial charge in [0.15, 0.2) is 0 Å². The quantitative estimate of drug-likeness (QED) is 0.584. The molecule has 1 aliphatic rings. The summed E-state index contributed by atoms with van der Waals surface area (Å²) in [6.07, 6.45) is 1.49. The second-order valence-electron chi connectivity index (χ2n) is 4.04. The molecule has 1 rings (SSSR count). The van der Waals surface area contributed by atoms with Crippen molar-refractivity contribution in [2.45, 2.75) is 40.2 Å². The molecule has 0 aromatic rings. The monoisotopic (exact) mass is 168 g/mol. The molecule has 12 heavy (non-hydrogen) atoms. The molecule has 1 saturated heterocycles. The summed E-state index contributed by atoms with van der Waals surface area (Å²) in [6, 6.07) is 0. The molecule has 0 aromatic carbocycles. The van der Waals surface area contributed by atoms with Crippen LogP contribution in [0.25, 0.3) is 0 Å². The number of allylic oxidation sites excluding steroid dienone is 1. The van der Waals surface area contributed by atoms with Crippen molar-refractivity contribution in [3.63, 3.8) is 0 Å². The van der Waals surface area contributed by atoms with E-state index in [1.54, 1.807) is 0 Å². The van der Waals surface area contributed by atoms with Gasteiger partial charge in [0.1, 0.15) is 6.10 Å². The van der Waals surface area contributed by atoms with Crippen LogP contribution in [0.15, 0.2) is 12.3 Å². The van der Waals surface area contributed by atoms with Gasteiger partial charge in [-0.2, -0.15) is 0 Å². The van der Waals surface area contributed by atoms with Gasteiger partial charge in [0.05, 0.1) is 5.76 Å². The number of hydrogen-bond acceptors (Lipinski definition) is 1. The van der Waals surface area contributed by atoms with Crippen LogP contribution in [0.4, 0.5) is 0 Å². The van der Waals surface area contributed by atoms with Crippen molar-refractivity contribution >= 4 is 0 Å². The van der Waals surface area contributed by atoms with Gasteiger partial charge in [-0.25, -0.2) is 0 Å². The lowest BCUT2D eigenvalue weighted by molar-refractivity contribution is -0.0251. The van der Waals surface area contributed by atoms with Gasteiger partial charge in [-0.05, 0) is 18.3 Å². The molecule has 70 valence electrons. The minimum atomic E-state index is 0.392. The van der Waals surface area contributed by atoms with E-state index in [2.05, 4.69) is 34.3 Å². The fourth-order valence-corrected chi connectivity index (χ4v) is 1.95. The van der Waals surface area contributed by atoms with E-state index in [4.69, 9.17) is 4.74 Å². The molecular formula is C11H20O. The van der Waals surface area contributed by atoms with Gasteiger partial charge in [0.25, 0.3) is 0 Å². The zero-order valence-electron chi connectivity index (χ0n) is 8.63. The Balaban J connectivity index is 2.70. The molecule has 1 fully saturated rings. The van der Waals surface area contributed by atoms with Crippen molar-refractivity contribution in [1.29, 1.82) is 0 Å². The Kier molecular flexibility index (Phi) is 2.81. The first-order valence-corrected chi connectivity index (χ1v) is 4.93. The zero-order chi connectivity index (χ0) is 9.30. The first-order chi connectivity index (χ1) is 5.57. The van der Waals surface area contributed by atoms with E-state index >= 15 is 0 Å². The molecule has 0 spiro atoms. The molecule has 1 nitrogen and oxygen atoms in total. The van der Waals surface area contributed by atoms with Gasteiger partial charge in [0.2, 0.25) is 0 Å². The lowest BCUT2D eigenvalue weighted by Crippen LogP contribution is -2.36. The van der Waals surface area contributed by atoms with Crippen LogP contribution in [0.2, 0.25) is 0 Å². The van der Waals surface area contributed by atoms with Gasteiger partial charge in [0, 0.05) is 5.92 Å². The van der Waals surface area contributed by atoms with E-state index in [1.807, 2.05) is 0 Å². The fourth-order valence-electron chi connectivity index (χ4n) is 1.95. The Labute approximate surface area is 75.8 Å². The molecule has 0 N–H and O–H groups in total. The third-order valence-corrected chi connectivity index (χ3v) is 3.42. The Morgan fingerprint density at radius 2 is 1.83 bits per heavy atom. The Bertz CT molecular complexity index is 172. The highest BCUT2D eigenvalue weighted by molar-refractivity contribution is 4.99. The van der Waals surface area contributed by atoms with E-state index in [0.717, 1.165) is 12.2 Å². The molecule has 0 aliphatic carbocycles. The van der Waals surface area contributed by atoms with Crippen molar-refractivity contribution in [3.8, 4) is 0 Å². The smallest absolute Gasteiger partial charge is 0.101 e. The summed E-state index contributed by atoms with van der Waals surface area (Å²) < 4.78 is 5.74. The SMILES string of the molecule is C=C1O[C@H](CC)[C@@H](C)[C@H](C)[C@H]1C. The predicted molar refractivity (Wildman–Crippen MR) is 51.8 cm³/mol. The molecule has 0 bridgehead atoms. The van der Waals surface area contributed by atoms with E-state index in [9.17, 15) is 0 Å². The second kappa shape index (κ2) is 3.51. The van der Waals surface area contributed by atoms with Crippen LogP contribution < -0.4 is 0 Å². The van der Waals surface area contributed by atoms with Crippen LogP contribution in [0.1, 0.15) is 34.1 Å². The lowest BCUT2D eigenvalue weighted by atomic mass is 9.78. The molecular weight excluding hydrogens is 148 g/mol. The highest BCUT2D eigenvalue weighted by Gasteiger charge is 2.34. The van der Waals surface area contributed by atoms with E-state index in [1.165, 1.54) is 0 Å². The van der Waals surface area contributed by atoms with Crippen molar-refractivity contribution in [2.75, 3.05) is 0 Å². The maximum absolute atomic E-state index is 5.74. The first kappa shape index (κ1) is 9.63.